The molecule has 0 aliphatic carbocycles. The highest BCUT2D eigenvalue weighted by atomic mass is 19.1. The molecule has 0 aliphatic heterocycles. The van der Waals surface area contributed by atoms with Gasteiger partial charge in [0.25, 0.3) is 0 Å². The van der Waals surface area contributed by atoms with Crippen molar-refractivity contribution in [3.63, 3.8) is 0 Å². The molecule has 0 saturated carbocycles. The van der Waals surface area contributed by atoms with E-state index in [1.54, 1.807) is 13.0 Å². The minimum absolute atomic E-state index is 0.00660. The summed E-state index contributed by atoms with van der Waals surface area (Å²) >= 11 is 0. The molecule has 0 radical (unpaired) electrons. The van der Waals surface area contributed by atoms with Crippen molar-refractivity contribution < 1.29 is 23.9 Å². The van der Waals surface area contributed by atoms with Crippen LogP contribution in [0.1, 0.15) is 5.56 Å². The van der Waals surface area contributed by atoms with E-state index >= 15 is 0 Å². The Labute approximate surface area is 114 Å². The lowest BCUT2D eigenvalue weighted by molar-refractivity contribution is -0.143. The van der Waals surface area contributed by atoms with E-state index in [0.29, 0.717) is 4.85 Å². The van der Waals surface area contributed by atoms with E-state index in [-0.39, 0.29) is 23.7 Å². The molecule has 1 aromatic carbocycles. The van der Waals surface area contributed by atoms with E-state index in [4.69, 9.17) is 4.74 Å². The van der Waals surface area contributed by atoms with Gasteiger partial charge >= 0.3 is 5.97 Å². The van der Waals surface area contributed by atoms with E-state index in [1.807, 2.05) is 0 Å². The summed E-state index contributed by atoms with van der Waals surface area (Å²) in [5.74, 6) is -1.08. The number of ether oxygens (including phenoxy) is 2. The van der Waals surface area contributed by atoms with Crippen LogP contribution in [0.15, 0.2) is 24.3 Å². The molecule has 0 fully saturated rings. The summed E-state index contributed by atoms with van der Waals surface area (Å²) in [5, 5.41) is 13.3. The quantitative estimate of drug-likeness (QED) is 0.682. The van der Waals surface area contributed by atoms with E-state index in [2.05, 4.69) is 9.84 Å². The van der Waals surface area contributed by atoms with Crippen molar-refractivity contribution in [1.82, 2.24) is 9.94 Å². The Morgan fingerprint density at radius 2 is 2.20 bits per heavy atom. The Balaban J connectivity index is 2.25. The third-order valence-electron chi connectivity index (χ3n) is 2.64. The highest BCUT2D eigenvalue weighted by Gasteiger charge is 2.15. The van der Waals surface area contributed by atoms with Gasteiger partial charge in [0.2, 0.25) is 5.88 Å². The summed E-state index contributed by atoms with van der Waals surface area (Å²) in [6.45, 7) is 1.41. The molecule has 6 nitrogen and oxygen atoms in total. The summed E-state index contributed by atoms with van der Waals surface area (Å²) < 4.78 is 23.2. The average molecular weight is 280 g/mol. The monoisotopic (exact) mass is 280 g/mol. The molecule has 106 valence electrons. The molecule has 1 heterocycles. The number of hydrogen-bond donors (Lipinski definition) is 1. The second-order valence-electron chi connectivity index (χ2n) is 4.11. The number of carbonyl (C=O) groups excluding carboxylic acids is 1. The van der Waals surface area contributed by atoms with Crippen LogP contribution in [-0.4, -0.2) is 34.8 Å². The standard InChI is InChI=1S/C13H13FN2O4/c1-8-3-4-9(10(14)5-8)11-6-12(15-16(11)18)20-7-13(17)19-2/h3-6,18H,7H2,1-2H3. The summed E-state index contributed by atoms with van der Waals surface area (Å²) in [6, 6.07) is 5.91. The highest BCUT2D eigenvalue weighted by molar-refractivity contribution is 5.71. The molecule has 2 rings (SSSR count). The van der Waals surface area contributed by atoms with Gasteiger partial charge in [-0.1, -0.05) is 16.0 Å². The Bertz CT molecular complexity index is 639. The van der Waals surface area contributed by atoms with Crippen molar-refractivity contribution >= 4 is 5.97 Å². The summed E-state index contributed by atoms with van der Waals surface area (Å²) in [4.78, 5) is 11.4. The number of halogens is 1. The maximum absolute atomic E-state index is 13.8. The van der Waals surface area contributed by atoms with Crippen LogP contribution in [0, 0.1) is 12.7 Å². The molecule has 0 aliphatic rings. The van der Waals surface area contributed by atoms with Crippen molar-refractivity contribution in [2.75, 3.05) is 13.7 Å². The lowest BCUT2D eigenvalue weighted by atomic mass is 10.1. The van der Waals surface area contributed by atoms with E-state index in [0.717, 1.165) is 5.56 Å². The number of hydrogen-bond acceptors (Lipinski definition) is 5. The number of methoxy groups -OCH3 is 1. The number of benzene rings is 1. The van der Waals surface area contributed by atoms with E-state index in [9.17, 15) is 14.4 Å². The van der Waals surface area contributed by atoms with Crippen LogP contribution in [0.3, 0.4) is 0 Å². The molecule has 1 aromatic heterocycles. The van der Waals surface area contributed by atoms with Gasteiger partial charge in [0.15, 0.2) is 6.61 Å². The third kappa shape index (κ3) is 2.87. The Hall–Kier alpha value is -2.57. The van der Waals surface area contributed by atoms with Crippen molar-refractivity contribution in [3.05, 3.63) is 35.6 Å². The third-order valence-corrected chi connectivity index (χ3v) is 2.64. The van der Waals surface area contributed by atoms with E-state index < -0.39 is 11.8 Å². The van der Waals surface area contributed by atoms with Crippen molar-refractivity contribution in [2.24, 2.45) is 0 Å². The lowest BCUT2D eigenvalue weighted by Crippen LogP contribution is -2.12. The Morgan fingerprint density at radius 1 is 1.45 bits per heavy atom. The first kappa shape index (κ1) is 13.9. The number of esters is 1. The average Bonchev–Trinajstić information content (AvgIpc) is 2.77. The Kier molecular flexibility index (Phi) is 3.88. The van der Waals surface area contributed by atoms with Crippen LogP contribution >= 0.6 is 0 Å². The molecule has 0 saturated heterocycles. The minimum atomic E-state index is -0.583. The number of aryl methyl sites for hydroxylation is 1. The number of rotatable bonds is 4. The van der Waals surface area contributed by atoms with Crippen LogP contribution in [-0.2, 0) is 9.53 Å². The van der Waals surface area contributed by atoms with Crippen LogP contribution in [0.4, 0.5) is 4.39 Å². The molecule has 20 heavy (non-hydrogen) atoms. The number of aromatic nitrogens is 2. The fourth-order valence-corrected chi connectivity index (χ4v) is 1.63. The molecule has 0 atom stereocenters. The largest absolute Gasteiger partial charge is 0.466 e. The van der Waals surface area contributed by atoms with Crippen LogP contribution in [0.5, 0.6) is 5.88 Å². The topological polar surface area (TPSA) is 73.6 Å². The second kappa shape index (κ2) is 5.60. The molecule has 0 amide bonds. The summed E-state index contributed by atoms with van der Waals surface area (Å²) in [5.41, 5.74) is 1.07. The van der Waals surface area contributed by atoms with Gasteiger partial charge in [-0.25, -0.2) is 9.18 Å². The fourth-order valence-electron chi connectivity index (χ4n) is 1.63. The zero-order valence-corrected chi connectivity index (χ0v) is 11.0. The van der Waals surface area contributed by atoms with Gasteiger partial charge in [-0.05, 0) is 24.6 Å². The van der Waals surface area contributed by atoms with Crippen molar-refractivity contribution in [1.29, 1.82) is 0 Å². The SMILES string of the molecule is COC(=O)COc1cc(-c2ccc(C)cc2F)n(O)n1. The van der Waals surface area contributed by atoms with Gasteiger partial charge in [-0.2, -0.15) is 0 Å². The predicted octanol–water partition coefficient (Wildman–Crippen LogP) is 1.79. The molecule has 0 unspecified atom stereocenters. The maximum atomic E-state index is 13.8. The first-order chi connectivity index (χ1) is 9.51. The molecule has 1 N–H and O–H groups in total. The maximum Gasteiger partial charge on any atom is 0.343 e. The molecule has 0 spiro atoms. The molecular formula is C13H13FN2O4. The smallest absolute Gasteiger partial charge is 0.343 e. The Morgan fingerprint density at radius 3 is 2.85 bits per heavy atom. The highest BCUT2D eigenvalue weighted by Crippen LogP contribution is 2.26. The van der Waals surface area contributed by atoms with Gasteiger partial charge in [0.05, 0.1) is 7.11 Å². The molecule has 2 aromatic rings. The normalized spacial score (nSPS) is 10.3. The first-order valence-corrected chi connectivity index (χ1v) is 5.76. The number of carbonyl (C=O) groups is 1. The second-order valence-corrected chi connectivity index (χ2v) is 4.11. The van der Waals surface area contributed by atoms with Crippen molar-refractivity contribution in [3.8, 4) is 17.1 Å². The van der Waals surface area contributed by atoms with Gasteiger partial charge in [-0.15, -0.1) is 0 Å². The van der Waals surface area contributed by atoms with Crippen molar-refractivity contribution in [2.45, 2.75) is 6.92 Å². The summed E-state index contributed by atoms with van der Waals surface area (Å²) in [7, 11) is 1.23. The fraction of sp³-hybridized carbons (Fsp3) is 0.231. The van der Waals surface area contributed by atoms with Crippen LogP contribution in [0.2, 0.25) is 0 Å². The minimum Gasteiger partial charge on any atom is -0.466 e. The predicted molar refractivity (Wildman–Crippen MR) is 67.1 cm³/mol. The van der Waals surface area contributed by atoms with Gasteiger partial charge < -0.3 is 14.7 Å². The van der Waals surface area contributed by atoms with Crippen LogP contribution in [0.25, 0.3) is 11.3 Å². The first-order valence-electron chi connectivity index (χ1n) is 5.76. The van der Waals surface area contributed by atoms with Gasteiger partial charge in [0.1, 0.15) is 11.5 Å². The molecular weight excluding hydrogens is 267 g/mol. The molecule has 7 heteroatoms. The van der Waals surface area contributed by atoms with Gasteiger partial charge in [0, 0.05) is 11.6 Å². The zero-order valence-electron chi connectivity index (χ0n) is 11.0. The van der Waals surface area contributed by atoms with Crippen LogP contribution < -0.4 is 4.74 Å². The summed E-state index contributed by atoms with van der Waals surface area (Å²) in [6.07, 6.45) is 0. The molecule has 0 bridgehead atoms. The van der Waals surface area contributed by atoms with E-state index in [1.165, 1.54) is 25.3 Å². The zero-order chi connectivity index (χ0) is 14.7. The number of nitrogens with zero attached hydrogens (tertiary/aromatic N) is 2. The van der Waals surface area contributed by atoms with Gasteiger partial charge in [-0.3, -0.25) is 0 Å². The lowest BCUT2D eigenvalue weighted by Gasteiger charge is -2.02.